The maximum atomic E-state index is 12.3. The van der Waals surface area contributed by atoms with E-state index in [1.54, 1.807) is 0 Å². The maximum Gasteiger partial charge on any atom is 0.314 e. The fraction of sp³-hybridized carbons (Fsp3) is 0.974. The first kappa shape index (κ1) is 43.2. The Morgan fingerprint density at radius 2 is 0.727 bits per heavy atom. The van der Waals surface area contributed by atoms with Crippen LogP contribution in [0.5, 0.6) is 0 Å². The second-order valence-corrected chi connectivity index (χ2v) is 13.8. The maximum absolute atomic E-state index is 12.3. The third kappa shape index (κ3) is 23.5. The van der Waals surface area contributed by atoms with Gasteiger partial charge in [-0.15, -0.1) is 0 Å². The van der Waals surface area contributed by atoms with Gasteiger partial charge in [-0.05, 0) is 90.4 Å². The quantitative estimate of drug-likeness (QED) is 0.0726. The van der Waals surface area contributed by atoms with Crippen molar-refractivity contribution in [3.63, 3.8) is 0 Å². The predicted molar refractivity (Wildman–Crippen MR) is 197 cm³/mol. The van der Waals surface area contributed by atoms with E-state index in [-0.39, 0.29) is 6.03 Å². The van der Waals surface area contributed by atoms with E-state index in [9.17, 15) is 4.79 Å². The molecule has 0 aliphatic heterocycles. The van der Waals surface area contributed by atoms with E-state index in [4.69, 9.17) is 5.73 Å². The van der Waals surface area contributed by atoms with Crippen molar-refractivity contribution in [3.8, 4) is 0 Å². The lowest BCUT2D eigenvalue weighted by Crippen LogP contribution is -2.39. The molecule has 2 N–H and O–H groups in total. The topological polar surface area (TPSA) is 52.8 Å². The Kier molecular flexibility index (Phi) is 31.6. The van der Waals surface area contributed by atoms with Crippen molar-refractivity contribution in [1.29, 1.82) is 0 Å². The van der Waals surface area contributed by atoms with E-state index in [1.165, 1.54) is 167 Å². The average molecular weight is 623 g/mol. The summed E-state index contributed by atoms with van der Waals surface area (Å²) in [5.41, 5.74) is 5.86. The van der Waals surface area contributed by atoms with Crippen LogP contribution in [0.1, 0.15) is 196 Å². The molecule has 0 fully saturated rings. The van der Waals surface area contributed by atoms with Gasteiger partial charge < -0.3 is 20.4 Å². The third-order valence-corrected chi connectivity index (χ3v) is 9.91. The monoisotopic (exact) mass is 623 g/mol. The minimum absolute atomic E-state index is 0.231. The van der Waals surface area contributed by atoms with Crippen LogP contribution in [-0.4, -0.2) is 72.1 Å². The van der Waals surface area contributed by atoms with Crippen LogP contribution < -0.4 is 5.73 Å². The Hall–Kier alpha value is -0.810. The van der Waals surface area contributed by atoms with Gasteiger partial charge in [0, 0.05) is 25.2 Å². The number of hydrogen-bond acceptors (Lipinski definition) is 3. The first-order chi connectivity index (χ1) is 21.5. The van der Waals surface area contributed by atoms with Gasteiger partial charge in [0.25, 0.3) is 0 Å². The minimum atomic E-state index is -0.231. The molecule has 0 aromatic heterocycles. The summed E-state index contributed by atoms with van der Waals surface area (Å²) in [5.74, 6) is 0. The van der Waals surface area contributed by atoms with Crippen molar-refractivity contribution in [3.05, 3.63) is 0 Å². The lowest BCUT2D eigenvalue weighted by atomic mass is 10.0. The summed E-state index contributed by atoms with van der Waals surface area (Å²) in [6.07, 6.45) is 30.9. The van der Waals surface area contributed by atoms with Crippen molar-refractivity contribution in [2.75, 3.05) is 39.3 Å². The van der Waals surface area contributed by atoms with Crippen LogP contribution in [0.2, 0.25) is 0 Å². The summed E-state index contributed by atoms with van der Waals surface area (Å²) < 4.78 is 0. The van der Waals surface area contributed by atoms with E-state index in [0.29, 0.717) is 12.1 Å². The largest absolute Gasteiger partial charge is 0.351 e. The number of nitrogens with zero attached hydrogens (tertiary/aromatic N) is 3. The predicted octanol–water partition coefficient (Wildman–Crippen LogP) is 11.2. The number of carbonyl (C=O) groups excluding carboxylic acids is 1. The Labute approximate surface area is 277 Å². The average Bonchev–Trinajstić information content (AvgIpc) is 3.02. The van der Waals surface area contributed by atoms with Gasteiger partial charge in [0.05, 0.1) is 0 Å². The number of urea groups is 1. The number of carbonyl (C=O) groups is 1. The first-order valence-corrected chi connectivity index (χ1v) is 20.0. The molecule has 2 atom stereocenters. The number of nitrogens with two attached hydrogens (primary N) is 1. The summed E-state index contributed by atoms with van der Waals surface area (Å²) in [7, 11) is 0. The fourth-order valence-corrected chi connectivity index (χ4v) is 6.91. The van der Waals surface area contributed by atoms with Crippen molar-refractivity contribution in [2.45, 2.75) is 208 Å². The van der Waals surface area contributed by atoms with Crippen LogP contribution >= 0.6 is 0 Å². The van der Waals surface area contributed by atoms with Gasteiger partial charge in [0.1, 0.15) is 0 Å². The second kappa shape index (κ2) is 32.1. The zero-order valence-corrected chi connectivity index (χ0v) is 31.2. The normalized spacial score (nSPS) is 13.2. The fourth-order valence-electron chi connectivity index (χ4n) is 6.91. The summed E-state index contributed by atoms with van der Waals surface area (Å²) in [6.45, 7) is 20.6. The highest BCUT2D eigenvalue weighted by Crippen LogP contribution is 2.18. The molecule has 0 aromatic carbocycles. The molecule has 0 bridgehead atoms. The van der Waals surface area contributed by atoms with Gasteiger partial charge >= 0.3 is 6.03 Å². The van der Waals surface area contributed by atoms with E-state index in [1.807, 2.05) is 4.90 Å². The van der Waals surface area contributed by atoms with Crippen LogP contribution in [0.15, 0.2) is 0 Å². The van der Waals surface area contributed by atoms with Crippen molar-refractivity contribution < 1.29 is 4.79 Å². The van der Waals surface area contributed by atoms with Crippen LogP contribution in [0.4, 0.5) is 4.79 Å². The van der Waals surface area contributed by atoms with Gasteiger partial charge in [-0.1, -0.05) is 131 Å². The number of rotatable bonds is 34. The summed E-state index contributed by atoms with van der Waals surface area (Å²) in [5, 5.41) is 0. The molecule has 5 nitrogen and oxygen atoms in total. The van der Waals surface area contributed by atoms with Crippen molar-refractivity contribution in [1.82, 2.24) is 14.7 Å². The molecule has 0 aromatic rings. The van der Waals surface area contributed by atoms with Gasteiger partial charge in [-0.2, -0.15) is 0 Å². The Morgan fingerprint density at radius 3 is 0.977 bits per heavy atom. The lowest BCUT2D eigenvalue weighted by molar-refractivity contribution is 0.165. The Morgan fingerprint density at radius 1 is 0.432 bits per heavy atom. The molecule has 2 amide bonds. The Bertz CT molecular complexity index is 533. The zero-order valence-electron chi connectivity index (χ0n) is 31.2. The van der Waals surface area contributed by atoms with Gasteiger partial charge in [0.15, 0.2) is 0 Å². The molecule has 0 spiro atoms. The van der Waals surface area contributed by atoms with Crippen LogP contribution in [-0.2, 0) is 0 Å². The highest BCUT2D eigenvalue weighted by Gasteiger charge is 2.18. The number of amides is 2. The summed E-state index contributed by atoms with van der Waals surface area (Å²) in [6, 6.07) is 1.13. The third-order valence-electron chi connectivity index (χ3n) is 9.91. The van der Waals surface area contributed by atoms with Gasteiger partial charge in [0.2, 0.25) is 0 Å². The number of unbranched alkanes of at least 4 members (excludes halogenated alkanes) is 14. The molecule has 2 unspecified atom stereocenters. The highest BCUT2D eigenvalue weighted by atomic mass is 16.2. The smallest absolute Gasteiger partial charge is 0.314 e. The zero-order chi connectivity index (χ0) is 32.7. The van der Waals surface area contributed by atoms with E-state index < -0.39 is 0 Å². The summed E-state index contributed by atoms with van der Waals surface area (Å²) in [4.78, 5) is 19.8. The first-order valence-electron chi connectivity index (χ1n) is 20.0. The standard InChI is InChI=1S/C39H82N4O/c1-7-13-17-23-31-41(32-24-18-14-8-2)37(11-5)29-21-27-35-43(39(40)44)36-28-22-30-38(12-6)42(33-25-19-15-9-3)34-26-20-16-10-4/h37-38H,7-36H2,1-6H3,(H2,40,44). The molecule has 0 radical (unpaired) electrons. The van der Waals surface area contributed by atoms with Gasteiger partial charge in [-0.25, -0.2) is 4.79 Å². The molecule has 44 heavy (non-hydrogen) atoms. The highest BCUT2D eigenvalue weighted by molar-refractivity contribution is 5.71. The van der Waals surface area contributed by atoms with Crippen molar-refractivity contribution >= 4 is 6.03 Å². The molecule has 0 aliphatic carbocycles. The number of primary amides is 1. The second-order valence-electron chi connectivity index (χ2n) is 13.8. The molecule has 0 aliphatic rings. The van der Waals surface area contributed by atoms with E-state index in [0.717, 1.165) is 25.9 Å². The van der Waals surface area contributed by atoms with Crippen LogP contribution in [0, 0.1) is 0 Å². The van der Waals surface area contributed by atoms with Crippen LogP contribution in [0.25, 0.3) is 0 Å². The molecular weight excluding hydrogens is 540 g/mol. The van der Waals surface area contributed by atoms with E-state index in [2.05, 4.69) is 51.3 Å². The number of hydrogen-bond donors (Lipinski definition) is 1. The van der Waals surface area contributed by atoms with E-state index >= 15 is 0 Å². The molecule has 0 saturated carbocycles. The minimum Gasteiger partial charge on any atom is -0.351 e. The van der Waals surface area contributed by atoms with Crippen molar-refractivity contribution in [2.24, 2.45) is 5.73 Å². The Balaban J connectivity index is 4.71. The lowest BCUT2D eigenvalue weighted by Gasteiger charge is -2.32. The SMILES string of the molecule is CCCCCCN(CCCCCC)C(CC)CCCCN(CCCCC(CC)N(CCCCCC)CCCCCC)C(N)=O. The molecule has 0 heterocycles. The summed E-state index contributed by atoms with van der Waals surface area (Å²) >= 11 is 0. The molecular formula is C39H82N4O. The molecule has 0 saturated heterocycles. The molecule has 5 heteroatoms. The molecule has 264 valence electrons. The van der Waals surface area contributed by atoms with Crippen LogP contribution in [0.3, 0.4) is 0 Å². The molecule has 0 rings (SSSR count). The van der Waals surface area contributed by atoms with Gasteiger partial charge in [-0.3, -0.25) is 0 Å².